The van der Waals surface area contributed by atoms with Crippen LogP contribution in [-0.2, 0) is 0 Å². The zero-order valence-corrected chi connectivity index (χ0v) is 12.0. The molecule has 0 bridgehead atoms. The summed E-state index contributed by atoms with van der Waals surface area (Å²) in [5.41, 5.74) is 1.60. The quantitative estimate of drug-likeness (QED) is 0.689. The summed E-state index contributed by atoms with van der Waals surface area (Å²) in [7, 11) is 0. The Kier molecular flexibility index (Phi) is 3.77. The van der Waals surface area contributed by atoms with Gasteiger partial charge in [0.2, 0.25) is 0 Å². The molecule has 2 nitrogen and oxygen atoms in total. The molecule has 0 amide bonds. The number of aromatic nitrogens is 1. The van der Waals surface area contributed by atoms with Crippen LogP contribution in [0.2, 0.25) is 5.02 Å². The molecule has 0 spiro atoms. The minimum Gasteiger partial charge on any atom is -0.366 e. The van der Waals surface area contributed by atoms with E-state index in [2.05, 4.69) is 4.98 Å². The summed E-state index contributed by atoms with van der Waals surface area (Å²) in [5.74, 6) is -2.18. The molecule has 110 valence electrons. The van der Waals surface area contributed by atoms with Crippen LogP contribution < -0.4 is 0 Å². The van der Waals surface area contributed by atoms with E-state index in [1.807, 2.05) is 0 Å². The second kappa shape index (κ2) is 5.73. The van der Waals surface area contributed by atoms with Crippen molar-refractivity contribution in [2.24, 2.45) is 0 Å². The molecule has 1 heterocycles. The first-order chi connectivity index (χ1) is 10.6. The van der Waals surface area contributed by atoms with Gasteiger partial charge in [0, 0.05) is 29.1 Å². The molecule has 0 atom stereocenters. The second-order valence-electron chi connectivity index (χ2n) is 4.72. The van der Waals surface area contributed by atoms with Gasteiger partial charge in [-0.3, -0.25) is 4.79 Å². The lowest BCUT2D eigenvalue weighted by atomic mass is 9.98. The molecule has 3 aromatic rings. The van der Waals surface area contributed by atoms with Crippen LogP contribution in [0.15, 0.2) is 54.9 Å². The van der Waals surface area contributed by atoms with Gasteiger partial charge in [0.25, 0.3) is 0 Å². The Morgan fingerprint density at radius 2 is 1.73 bits per heavy atom. The molecule has 22 heavy (non-hydrogen) atoms. The minimum atomic E-state index is -0.963. The summed E-state index contributed by atoms with van der Waals surface area (Å²) in [5, 5.41) is 0.338. The first kappa shape index (κ1) is 14.5. The Bertz CT molecular complexity index is 857. The number of benzene rings is 2. The van der Waals surface area contributed by atoms with E-state index in [1.54, 1.807) is 30.5 Å². The highest BCUT2D eigenvalue weighted by Gasteiger charge is 2.18. The SMILES string of the molecule is O=C(c1ccccc1Cl)c1c[nH]cc1-c1ccc(F)c(F)c1. The fourth-order valence-corrected chi connectivity index (χ4v) is 2.47. The maximum Gasteiger partial charge on any atom is 0.196 e. The fraction of sp³-hybridized carbons (Fsp3) is 0. The number of aromatic amines is 1. The molecular weight excluding hydrogens is 308 g/mol. The number of halogens is 3. The third-order valence-electron chi connectivity index (χ3n) is 3.34. The number of hydrogen-bond donors (Lipinski definition) is 1. The summed E-state index contributed by atoms with van der Waals surface area (Å²) in [4.78, 5) is 15.4. The largest absolute Gasteiger partial charge is 0.366 e. The van der Waals surface area contributed by atoms with Crippen molar-refractivity contribution in [3.63, 3.8) is 0 Å². The Morgan fingerprint density at radius 1 is 0.955 bits per heavy atom. The van der Waals surface area contributed by atoms with Crippen molar-refractivity contribution in [2.45, 2.75) is 0 Å². The lowest BCUT2D eigenvalue weighted by molar-refractivity contribution is 0.103. The normalized spacial score (nSPS) is 10.7. The lowest BCUT2D eigenvalue weighted by Crippen LogP contribution is -2.02. The Morgan fingerprint density at radius 3 is 2.45 bits per heavy atom. The van der Waals surface area contributed by atoms with Gasteiger partial charge in [-0.1, -0.05) is 29.8 Å². The van der Waals surface area contributed by atoms with Gasteiger partial charge in [0.05, 0.1) is 5.02 Å². The van der Waals surface area contributed by atoms with Gasteiger partial charge < -0.3 is 4.98 Å². The van der Waals surface area contributed by atoms with Crippen molar-refractivity contribution in [1.29, 1.82) is 0 Å². The maximum absolute atomic E-state index is 13.4. The zero-order valence-electron chi connectivity index (χ0n) is 11.2. The van der Waals surface area contributed by atoms with Gasteiger partial charge in [-0.15, -0.1) is 0 Å². The standard InChI is InChI=1S/C17H10ClF2NO/c18-14-4-2-1-3-11(14)17(22)13-9-21-8-12(13)10-5-6-15(19)16(20)7-10/h1-9,21H. The highest BCUT2D eigenvalue weighted by molar-refractivity contribution is 6.35. The first-order valence-electron chi connectivity index (χ1n) is 6.49. The van der Waals surface area contributed by atoms with Crippen molar-refractivity contribution in [3.05, 3.63) is 82.6 Å². The molecule has 0 aliphatic heterocycles. The van der Waals surface area contributed by atoms with Crippen molar-refractivity contribution in [1.82, 2.24) is 4.98 Å². The van der Waals surface area contributed by atoms with Crippen molar-refractivity contribution in [2.75, 3.05) is 0 Å². The molecule has 5 heteroatoms. The van der Waals surface area contributed by atoms with E-state index >= 15 is 0 Å². The van der Waals surface area contributed by atoms with Crippen LogP contribution in [0.4, 0.5) is 8.78 Å². The summed E-state index contributed by atoms with van der Waals surface area (Å²) in [6.07, 6.45) is 3.08. The first-order valence-corrected chi connectivity index (χ1v) is 6.87. The van der Waals surface area contributed by atoms with Crippen LogP contribution >= 0.6 is 11.6 Å². The molecule has 0 aliphatic carbocycles. The molecule has 3 rings (SSSR count). The van der Waals surface area contributed by atoms with E-state index in [1.165, 1.54) is 12.3 Å². The summed E-state index contributed by atoms with van der Waals surface area (Å²) in [6.45, 7) is 0. The van der Waals surface area contributed by atoms with E-state index in [0.29, 0.717) is 27.3 Å². The highest BCUT2D eigenvalue weighted by atomic mass is 35.5. The third kappa shape index (κ3) is 2.53. The van der Waals surface area contributed by atoms with Crippen molar-refractivity contribution >= 4 is 17.4 Å². The van der Waals surface area contributed by atoms with Gasteiger partial charge in [0.1, 0.15) is 0 Å². The molecule has 1 aromatic heterocycles. The topological polar surface area (TPSA) is 32.9 Å². The van der Waals surface area contributed by atoms with E-state index in [0.717, 1.165) is 12.1 Å². The van der Waals surface area contributed by atoms with E-state index < -0.39 is 11.6 Å². The van der Waals surface area contributed by atoms with Crippen LogP contribution in [0, 0.1) is 11.6 Å². The van der Waals surface area contributed by atoms with Gasteiger partial charge in [-0.05, 0) is 29.8 Å². The molecule has 0 saturated carbocycles. The predicted octanol–water partition coefficient (Wildman–Crippen LogP) is 4.84. The Labute approximate surface area is 130 Å². The number of H-pyrrole nitrogens is 1. The predicted molar refractivity (Wildman–Crippen MR) is 81.0 cm³/mol. The average Bonchev–Trinajstić information content (AvgIpc) is 2.99. The molecule has 1 N–H and O–H groups in total. The monoisotopic (exact) mass is 317 g/mol. The fourth-order valence-electron chi connectivity index (χ4n) is 2.24. The molecule has 0 unspecified atom stereocenters. The van der Waals surface area contributed by atoms with Gasteiger partial charge in [0.15, 0.2) is 17.4 Å². The number of rotatable bonds is 3. The van der Waals surface area contributed by atoms with E-state index in [-0.39, 0.29) is 5.78 Å². The van der Waals surface area contributed by atoms with Crippen LogP contribution in [0.1, 0.15) is 15.9 Å². The number of carbonyl (C=O) groups excluding carboxylic acids is 1. The van der Waals surface area contributed by atoms with Crippen LogP contribution in [-0.4, -0.2) is 10.8 Å². The number of carbonyl (C=O) groups is 1. The summed E-state index contributed by atoms with van der Waals surface area (Å²) < 4.78 is 26.4. The molecule has 2 aromatic carbocycles. The molecule has 0 radical (unpaired) electrons. The molecular formula is C17H10ClF2NO. The van der Waals surface area contributed by atoms with Gasteiger partial charge in [-0.2, -0.15) is 0 Å². The van der Waals surface area contributed by atoms with Crippen LogP contribution in [0.5, 0.6) is 0 Å². The molecule has 0 fully saturated rings. The van der Waals surface area contributed by atoms with Crippen LogP contribution in [0.3, 0.4) is 0 Å². The van der Waals surface area contributed by atoms with E-state index in [9.17, 15) is 13.6 Å². The third-order valence-corrected chi connectivity index (χ3v) is 3.67. The average molecular weight is 318 g/mol. The summed E-state index contributed by atoms with van der Waals surface area (Å²) in [6, 6.07) is 10.2. The zero-order chi connectivity index (χ0) is 15.7. The number of ketones is 1. The maximum atomic E-state index is 13.4. The summed E-state index contributed by atoms with van der Waals surface area (Å²) >= 11 is 6.04. The minimum absolute atomic E-state index is 0.286. The number of nitrogens with one attached hydrogen (secondary N) is 1. The van der Waals surface area contributed by atoms with Gasteiger partial charge >= 0.3 is 0 Å². The molecule has 0 saturated heterocycles. The van der Waals surface area contributed by atoms with Gasteiger partial charge in [-0.25, -0.2) is 8.78 Å². The molecule has 0 aliphatic rings. The Hall–Kier alpha value is -2.46. The highest BCUT2D eigenvalue weighted by Crippen LogP contribution is 2.28. The number of hydrogen-bond acceptors (Lipinski definition) is 1. The van der Waals surface area contributed by atoms with Crippen molar-refractivity contribution in [3.8, 4) is 11.1 Å². The second-order valence-corrected chi connectivity index (χ2v) is 5.13. The van der Waals surface area contributed by atoms with Crippen LogP contribution in [0.25, 0.3) is 11.1 Å². The lowest BCUT2D eigenvalue weighted by Gasteiger charge is -2.06. The van der Waals surface area contributed by atoms with E-state index in [4.69, 9.17) is 11.6 Å². The Balaban J connectivity index is 2.07. The van der Waals surface area contributed by atoms with Crippen molar-refractivity contribution < 1.29 is 13.6 Å². The smallest absolute Gasteiger partial charge is 0.196 e.